The second-order valence-electron chi connectivity index (χ2n) is 3.78. The van der Waals surface area contributed by atoms with Gasteiger partial charge >= 0.3 is 0 Å². The zero-order valence-corrected chi connectivity index (χ0v) is 10.6. The molecule has 3 nitrogen and oxygen atoms in total. The lowest BCUT2D eigenvalue weighted by atomic mass is 10.0. The summed E-state index contributed by atoms with van der Waals surface area (Å²) in [4.78, 5) is 0. The van der Waals surface area contributed by atoms with Crippen molar-refractivity contribution in [3.63, 3.8) is 0 Å². The molecule has 0 aromatic heterocycles. The van der Waals surface area contributed by atoms with Gasteiger partial charge in [-0.15, -0.1) is 0 Å². The molecule has 0 unspecified atom stereocenters. The Labute approximate surface area is 106 Å². The minimum atomic E-state index is -0.474. The van der Waals surface area contributed by atoms with Crippen molar-refractivity contribution in [2.75, 3.05) is 13.2 Å². The highest BCUT2D eigenvalue weighted by atomic mass is 35.5. The normalized spacial score (nSPS) is 12.5. The molecule has 96 valence electrons. The highest BCUT2D eigenvalue weighted by Gasteiger charge is 2.14. The summed E-state index contributed by atoms with van der Waals surface area (Å²) in [6.07, 6.45) is 1.51. The lowest BCUT2D eigenvalue weighted by Crippen LogP contribution is -2.13. The number of rotatable bonds is 6. The van der Waals surface area contributed by atoms with E-state index in [1.807, 2.05) is 0 Å². The van der Waals surface area contributed by atoms with Gasteiger partial charge < -0.3 is 16.2 Å². The first kappa shape index (κ1) is 14.2. The summed E-state index contributed by atoms with van der Waals surface area (Å²) in [5.41, 5.74) is 12.0. The van der Waals surface area contributed by atoms with Crippen molar-refractivity contribution >= 4 is 11.6 Å². The summed E-state index contributed by atoms with van der Waals surface area (Å²) in [5.74, 6) is -0.388. The second-order valence-corrected chi connectivity index (χ2v) is 4.19. The van der Waals surface area contributed by atoms with Crippen molar-refractivity contribution in [1.29, 1.82) is 0 Å². The standard InChI is InChI=1S/C12H18ClFN2O/c1-2-17-12-9(13)6-8(7-10(12)14)11(16)4-3-5-15/h6-7,11H,2-5,15-16H2,1H3/t11-/m0/s1. The number of halogens is 2. The number of hydrogen-bond donors (Lipinski definition) is 2. The number of nitrogens with two attached hydrogens (primary N) is 2. The largest absolute Gasteiger partial charge is 0.489 e. The fourth-order valence-electron chi connectivity index (χ4n) is 1.58. The molecular formula is C12H18ClFN2O. The predicted octanol–water partition coefficient (Wildman–Crippen LogP) is 2.62. The number of hydrogen-bond acceptors (Lipinski definition) is 3. The van der Waals surface area contributed by atoms with Crippen LogP contribution in [0.2, 0.25) is 5.02 Å². The third kappa shape index (κ3) is 3.84. The van der Waals surface area contributed by atoms with E-state index in [4.69, 9.17) is 27.8 Å². The topological polar surface area (TPSA) is 61.3 Å². The maximum Gasteiger partial charge on any atom is 0.173 e. The molecule has 0 heterocycles. The molecule has 1 aromatic rings. The van der Waals surface area contributed by atoms with Crippen molar-refractivity contribution in [3.8, 4) is 5.75 Å². The summed E-state index contributed by atoms with van der Waals surface area (Å²) in [7, 11) is 0. The Hall–Kier alpha value is -0.840. The zero-order valence-electron chi connectivity index (χ0n) is 9.88. The molecule has 0 saturated heterocycles. The summed E-state index contributed by atoms with van der Waals surface area (Å²) in [6, 6.07) is 2.77. The fourth-order valence-corrected chi connectivity index (χ4v) is 1.85. The molecule has 17 heavy (non-hydrogen) atoms. The Bertz CT molecular complexity index is 351. The van der Waals surface area contributed by atoms with Crippen LogP contribution in [0.1, 0.15) is 31.4 Å². The summed E-state index contributed by atoms with van der Waals surface area (Å²) in [6.45, 7) is 2.72. The van der Waals surface area contributed by atoms with Crippen LogP contribution in [0.15, 0.2) is 12.1 Å². The van der Waals surface area contributed by atoms with Gasteiger partial charge in [-0.05, 0) is 44.0 Å². The SMILES string of the molecule is CCOc1c(F)cc([C@@H](N)CCCN)cc1Cl. The van der Waals surface area contributed by atoms with Gasteiger partial charge in [0.15, 0.2) is 11.6 Å². The van der Waals surface area contributed by atoms with Crippen LogP contribution in [0.5, 0.6) is 5.75 Å². The van der Waals surface area contributed by atoms with Crippen LogP contribution >= 0.6 is 11.6 Å². The Morgan fingerprint density at radius 3 is 2.71 bits per heavy atom. The molecule has 0 radical (unpaired) electrons. The van der Waals surface area contributed by atoms with Crippen LogP contribution in [0.25, 0.3) is 0 Å². The minimum Gasteiger partial charge on any atom is -0.489 e. The Balaban J connectivity index is 2.89. The molecule has 0 saturated carbocycles. The highest BCUT2D eigenvalue weighted by Crippen LogP contribution is 2.31. The molecule has 5 heteroatoms. The van der Waals surface area contributed by atoms with Gasteiger partial charge in [-0.3, -0.25) is 0 Å². The molecule has 4 N–H and O–H groups in total. The average molecular weight is 261 g/mol. The molecule has 0 bridgehead atoms. The molecule has 0 aliphatic heterocycles. The van der Waals surface area contributed by atoms with Crippen LogP contribution in [-0.4, -0.2) is 13.2 Å². The lowest BCUT2D eigenvalue weighted by Gasteiger charge is -2.14. The smallest absolute Gasteiger partial charge is 0.173 e. The second kappa shape index (κ2) is 6.79. The van der Waals surface area contributed by atoms with Crippen LogP contribution in [-0.2, 0) is 0 Å². The molecule has 1 rings (SSSR count). The van der Waals surface area contributed by atoms with E-state index < -0.39 is 5.82 Å². The van der Waals surface area contributed by atoms with E-state index in [1.165, 1.54) is 6.07 Å². The van der Waals surface area contributed by atoms with E-state index in [2.05, 4.69) is 0 Å². The van der Waals surface area contributed by atoms with Crippen LogP contribution < -0.4 is 16.2 Å². The van der Waals surface area contributed by atoms with Crippen molar-refractivity contribution in [2.45, 2.75) is 25.8 Å². The molecule has 0 aliphatic rings. The summed E-state index contributed by atoms with van der Waals surface area (Å²) in [5, 5.41) is 0.255. The van der Waals surface area contributed by atoms with Crippen molar-refractivity contribution in [3.05, 3.63) is 28.5 Å². The Morgan fingerprint density at radius 2 is 2.18 bits per heavy atom. The van der Waals surface area contributed by atoms with Crippen LogP contribution in [0.4, 0.5) is 4.39 Å². The fraction of sp³-hybridized carbons (Fsp3) is 0.500. The van der Waals surface area contributed by atoms with Gasteiger partial charge in [0.1, 0.15) is 0 Å². The third-order valence-corrected chi connectivity index (χ3v) is 2.74. The van der Waals surface area contributed by atoms with Gasteiger partial charge in [0.05, 0.1) is 11.6 Å². The highest BCUT2D eigenvalue weighted by molar-refractivity contribution is 6.32. The van der Waals surface area contributed by atoms with E-state index in [9.17, 15) is 4.39 Å². The number of ether oxygens (including phenoxy) is 1. The van der Waals surface area contributed by atoms with E-state index in [0.29, 0.717) is 25.1 Å². The van der Waals surface area contributed by atoms with Crippen molar-refractivity contribution in [1.82, 2.24) is 0 Å². The van der Waals surface area contributed by atoms with Gasteiger partial charge in [-0.2, -0.15) is 0 Å². The molecule has 0 spiro atoms. The maximum absolute atomic E-state index is 13.7. The first-order valence-corrected chi connectivity index (χ1v) is 6.05. The Morgan fingerprint density at radius 1 is 1.47 bits per heavy atom. The monoisotopic (exact) mass is 260 g/mol. The quantitative estimate of drug-likeness (QED) is 0.827. The Kier molecular flexibility index (Phi) is 5.68. The van der Waals surface area contributed by atoms with Gasteiger partial charge in [0.2, 0.25) is 0 Å². The third-order valence-electron chi connectivity index (χ3n) is 2.46. The van der Waals surface area contributed by atoms with E-state index in [-0.39, 0.29) is 16.8 Å². The van der Waals surface area contributed by atoms with Crippen LogP contribution in [0, 0.1) is 5.82 Å². The molecule has 0 fully saturated rings. The van der Waals surface area contributed by atoms with Crippen molar-refractivity contribution < 1.29 is 9.13 Å². The molecule has 1 atom stereocenters. The molecule has 1 aromatic carbocycles. The maximum atomic E-state index is 13.7. The predicted molar refractivity (Wildman–Crippen MR) is 67.8 cm³/mol. The van der Waals surface area contributed by atoms with Gasteiger partial charge in [-0.1, -0.05) is 11.6 Å². The molecular weight excluding hydrogens is 243 g/mol. The van der Waals surface area contributed by atoms with Gasteiger partial charge in [0, 0.05) is 6.04 Å². The zero-order chi connectivity index (χ0) is 12.8. The van der Waals surface area contributed by atoms with Crippen molar-refractivity contribution in [2.24, 2.45) is 11.5 Å². The first-order valence-electron chi connectivity index (χ1n) is 5.67. The molecule has 0 aliphatic carbocycles. The van der Waals surface area contributed by atoms with E-state index in [1.54, 1.807) is 13.0 Å². The van der Waals surface area contributed by atoms with Crippen LogP contribution in [0.3, 0.4) is 0 Å². The first-order chi connectivity index (χ1) is 8.10. The van der Waals surface area contributed by atoms with Gasteiger partial charge in [-0.25, -0.2) is 4.39 Å². The summed E-state index contributed by atoms with van der Waals surface area (Å²) >= 11 is 5.95. The van der Waals surface area contributed by atoms with E-state index in [0.717, 1.165) is 6.42 Å². The number of benzene rings is 1. The lowest BCUT2D eigenvalue weighted by molar-refractivity contribution is 0.321. The summed E-state index contributed by atoms with van der Waals surface area (Å²) < 4.78 is 18.8. The minimum absolute atomic E-state index is 0.0870. The van der Waals surface area contributed by atoms with E-state index >= 15 is 0 Å². The average Bonchev–Trinajstić information content (AvgIpc) is 2.30. The van der Waals surface area contributed by atoms with Gasteiger partial charge in [0.25, 0.3) is 0 Å². The molecule has 0 amide bonds.